The maximum absolute atomic E-state index is 15.2. The summed E-state index contributed by atoms with van der Waals surface area (Å²) in [6.45, 7) is 3.52. The standard InChI is InChI=1S/C27H31F2N7O2/c1-4-5-6-23-32-27(38-33-23)35-11-9-19(10-12-35)36-15-21(29)24-22(30-16-31-25(24)36)14-17-7-8-18(13-20(17)28)26(37)34(2)3/h7-8,13,15-16,19H,4-6,9-12,14H2,1-3H3. The number of benzene rings is 1. The van der Waals surface area contributed by atoms with Crippen molar-refractivity contribution in [2.75, 3.05) is 32.1 Å². The maximum atomic E-state index is 15.2. The van der Waals surface area contributed by atoms with E-state index in [0.717, 1.165) is 37.9 Å². The quantitative estimate of drug-likeness (QED) is 0.334. The molecule has 0 unspecified atom stereocenters. The molecule has 1 aliphatic heterocycles. The van der Waals surface area contributed by atoms with Crippen LogP contribution in [0.25, 0.3) is 11.0 Å². The number of halogens is 2. The van der Waals surface area contributed by atoms with Crippen LogP contribution in [0, 0.1) is 11.6 Å². The maximum Gasteiger partial charge on any atom is 0.324 e. The van der Waals surface area contributed by atoms with Crippen LogP contribution in [0.1, 0.15) is 66.1 Å². The smallest absolute Gasteiger partial charge is 0.324 e. The summed E-state index contributed by atoms with van der Waals surface area (Å²) in [5.74, 6) is -0.530. The number of aromatic nitrogens is 5. The third-order valence-corrected chi connectivity index (χ3v) is 7.05. The molecule has 1 saturated heterocycles. The van der Waals surface area contributed by atoms with Gasteiger partial charge in [-0.2, -0.15) is 4.98 Å². The van der Waals surface area contributed by atoms with Gasteiger partial charge < -0.3 is 18.9 Å². The Morgan fingerprint density at radius 2 is 1.95 bits per heavy atom. The van der Waals surface area contributed by atoms with Crippen molar-refractivity contribution in [3.05, 3.63) is 65.0 Å². The van der Waals surface area contributed by atoms with Gasteiger partial charge >= 0.3 is 6.01 Å². The van der Waals surface area contributed by atoms with Crippen molar-refractivity contribution < 1.29 is 18.1 Å². The molecule has 9 nitrogen and oxygen atoms in total. The molecule has 38 heavy (non-hydrogen) atoms. The molecule has 0 spiro atoms. The largest absolute Gasteiger partial charge is 0.345 e. The monoisotopic (exact) mass is 523 g/mol. The Balaban J connectivity index is 1.33. The van der Waals surface area contributed by atoms with E-state index < -0.39 is 11.6 Å². The lowest BCUT2D eigenvalue weighted by atomic mass is 10.0. The first-order chi connectivity index (χ1) is 18.4. The molecule has 4 aromatic rings. The van der Waals surface area contributed by atoms with Gasteiger partial charge in [-0.3, -0.25) is 4.79 Å². The van der Waals surface area contributed by atoms with Gasteiger partial charge in [0.2, 0.25) is 0 Å². The van der Waals surface area contributed by atoms with E-state index in [4.69, 9.17) is 4.52 Å². The molecule has 1 amide bonds. The second-order valence-corrected chi connectivity index (χ2v) is 9.90. The zero-order valence-electron chi connectivity index (χ0n) is 21.8. The number of aryl methyl sites for hydroxylation is 1. The Labute approximate surface area is 219 Å². The number of rotatable bonds is 8. The molecule has 0 radical (unpaired) electrons. The van der Waals surface area contributed by atoms with E-state index in [1.54, 1.807) is 26.2 Å². The molecule has 11 heteroatoms. The highest BCUT2D eigenvalue weighted by atomic mass is 19.1. The van der Waals surface area contributed by atoms with Crippen LogP contribution in [0.15, 0.2) is 35.2 Å². The fourth-order valence-electron chi connectivity index (χ4n) is 4.92. The van der Waals surface area contributed by atoms with Crippen LogP contribution in [0.5, 0.6) is 0 Å². The Bertz CT molecular complexity index is 1440. The number of piperidine rings is 1. The fraction of sp³-hybridized carbons (Fsp3) is 0.444. The van der Waals surface area contributed by atoms with Gasteiger partial charge in [-0.25, -0.2) is 18.7 Å². The zero-order chi connectivity index (χ0) is 26.8. The van der Waals surface area contributed by atoms with Crippen molar-refractivity contribution >= 4 is 23.0 Å². The van der Waals surface area contributed by atoms with E-state index in [1.807, 2.05) is 4.57 Å². The van der Waals surface area contributed by atoms with Crippen LogP contribution in [0.4, 0.5) is 14.8 Å². The molecule has 4 heterocycles. The van der Waals surface area contributed by atoms with Crippen molar-refractivity contribution in [2.45, 2.75) is 51.5 Å². The number of nitrogens with zero attached hydrogens (tertiary/aromatic N) is 7. The number of fused-ring (bicyclic) bond motifs is 1. The van der Waals surface area contributed by atoms with Gasteiger partial charge in [0.15, 0.2) is 11.6 Å². The highest BCUT2D eigenvalue weighted by Gasteiger charge is 2.27. The first-order valence-corrected chi connectivity index (χ1v) is 12.9. The van der Waals surface area contributed by atoms with Crippen molar-refractivity contribution in [1.29, 1.82) is 0 Å². The molecule has 1 aliphatic rings. The minimum absolute atomic E-state index is 0.0385. The summed E-state index contributed by atoms with van der Waals surface area (Å²) >= 11 is 0. The Morgan fingerprint density at radius 1 is 1.16 bits per heavy atom. The molecular weight excluding hydrogens is 492 g/mol. The van der Waals surface area contributed by atoms with Gasteiger partial charge in [-0.15, -0.1) is 0 Å². The van der Waals surface area contributed by atoms with Crippen LogP contribution in [-0.4, -0.2) is 62.7 Å². The Kier molecular flexibility index (Phi) is 7.35. The van der Waals surface area contributed by atoms with Gasteiger partial charge in [0, 0.05) is 57.8 Å². The molecule has 0 aliphatic carbocycles. The normalized spacial score (nSPS) is 14.4. The minimum Gasteiger partial charge on any atom is -0.345 e. The second-order valence-electron chi connectivity index (χ2n) is 9.90. The minimum atomic E-state index is -0.532. The number of unbranched alkanes of at least 4 members (excludes halogenated alkanes) is 1. The number of hydrogen-bond acceptors (Lipinski definition) is 7. The predicted octanol–water partition coefficient (Wildman–Crippen LogP) is 4.57. The molecule has 1 fully saturated rings. The number of anilines is 1. The molecule has 1 aromatic carbocycles. The number of hydrogen-bond donors (Lipinski definition) is 0. The van der Waals surface area contributed by atoms with Gasteiger partial charge in [0.1, 0.15) is 17.8 Å². The van der Waals surface area contributed by atoms with E-state index in [-0.39, 0.29) is 23.9 Å². The van der Waals surface area contributed by atoms with E-state index in [0.29, 0.717) is 41.4 Å². The Hall–Kier alpha value is -3.89. The van der Waals surface area contributed by atoms with E-state index >= 15 is 4.39 Å². The summed E-state index contributed by atoms with van der Waals surface area (Å²) < 4.78 is 37.4. The summed E-state index contributed by atoms with van der Waals surface area (Å²) in [4.78, 5) is 28.8. The van der Waals surface area contributed by atoms with Gasteiger partial charge in [0.05, 0.1) is 11.1 Å². The SMILES string of the molecule is CCCCc1noc(N2CCC(n3cc(F)c4c(Cc5ccc(C(=O)N(C)C)cc5F)ncnc43)CC2)n1. The van der Waals surface area contributed by atoms with Crippen molar-refractivity contribution in [3.8, 4) is 0 Å². The number of carbonyl (C=O) groups excluding carboxylic acids is 1. The fourth-order valence-corrected chi connectivity index (χ4v) is 4.92. The number of carbonyl (C=O) groups is 1. The first kappa shape index (κ1) is 25.7. The van der Waals surface area contributed by atoms with Crippen molar-refractivity contribution in [1.82, 2.24) is 29.6 Å². The Morgan fingerprint density at radius 3 is 2.66 bits per heavy atom. The van der Waals surface area contributed by atoms with Crippen molar-refractivity contribution in [3.63, 3.8) is 0 Å². The van der Waals surface area contributed by atoms with Crippen LogP contribution < -0.4 is 4.90 Å². The topological polar surface area (TPSA) is 93.2 Å². The molecule has 0 saturated carbocycles. The third-order valence-electron chi connectivity index (χ3n) is 7.05. The molecular formula is C27H31F2N7O2. The molecule has 3 aromatic heterocycles. The van der Waals surface area contributed by atoms with Crippen LogP contribution in [0.2, 0.25) is 0 Å². The predicted molar refractivity (Wildman–Crippen MR) is 138 cm³/mol. The molecule has 0 N–H and O–H groups in total. The summed E-state index contributed by atoms with van der Waals surface area (Å²) in [6.07, 6.45) is 7.34. The lowest BCUT2D eigenvalue weighted by Crippen LogP contribution is -2.34. The summed E-state index contributed by atoms with van der Waals surface area (Å²) in [5, 5.41) is 4.37. The summed E-state index contributed by atoms with van der Waals surface area (Å²) in [6, 6.07) is 4.90. The van der Waals surface area contributed by atoms with Crippen LogP contribution >= 0.6 is 0 Å². The highest BCUT2D eigenvalue weighted by molar-refractivity contribution is 5.94. The molecule has 0 bridgehead atoms. The summed E-state index contributed by atoms with van der Waals surface area (Å²) in [5.41, 5.74) is 1.48. The lowest BCUT2D eigenvalue weighted by Gasteiger charge is -2.31. The van der Waals surface area contributed by atoms with Crippen LogP contribution in [0.3, 0.4) is 0 Å². The zero-order valence-corrected chi connectivity index (χ0v) is 21.8. The van der Waals surface area contributed by atoms with E-state index in [2.05, 4.69) is 31.9 Å². The van der Waals surface area contributed by atoms with Crippen molar-refractivity contribution in [2.24, 2.45) is 0 Å². The molecule has 200 valence electrons. The number of amides is 1. The summed E-state index contributed by atoms with van der Waals surface area (Å²) in [7, 11) is 3.22. The average molecular weight is 524 g/mol. The van der Waals surface area contributed by atoms with E-state index in [9.17, 15) is 9.18 Å². The highest BCUT2D eigenvalue weighted by Crippen LogP contribution is 2.32. The first-order valence-electron chi connectivity index (χ1n) is 12.9. The van der Waals surface area contributed by atoms with Gasteiger partial charge in [0.25, 0.3) is 5.91 Å². The van der Waals surface area contributed by atoms with Crippen LogP contribution in [-0.2, 0) is 12.8 Å². The average Bonchev–Trinajstić information content (AvgIpc) is 3.53. The van der Waals surface area contributed by atoms with Gasteiger partial charge in [-0.05, 0) is 37.0 Å². The lowest BCUT2D eigenvalue weighted by molar-refractivity contribution is 0.0827. The molecule has 5 rings (SSSR count). The third kappa shape index (κ3) is 5.09. The van der Waals surface area contributed by atoms with Gasteiger partial charge in [-0.1, -0.05) is 24.6 Å². The second kappa shape index (κ2) is 10.8. The van der Waals surface area contributed by atoms with E-state index in [1.165, 1.54) is 23.5 Å². The molecule has 0 atom stereocenters.